The molecule has 11 heteroatoms. The predicted molar refractivity (Wildman–Crippen MR) is 143 cm³/mol. The van der Waals surface area contributed by atoms with Crippen LogP contribution in [-0.4, -0.2) is 64.3 Å². The zero-order valence-corrected chi connectivity index (χ0v) is 21.2. The van der Waals surface area contributed by atoms with Crippen LogP contribution in [0.5, 0.6) is 0 Å². The van der Waals surface area contributed by atoms with Crippen LogP contribution in [0.4, 0.5) is 10.8 Å². The molecule has 0 radical (unpaired) electrons. The number of thioether (sulfide) groups is 1. The van der Waals surface area contributed by atoms with Gasteiger partial charge in [0.1, 0.15) is 0 Å². The second-order valence-electron chi connectivity index (χ2n) is 9.02. The van der Waals surface area contributed by atoms with Crippen LogP contribution in [0.2, 0.25) is 0 Å². The van der Waals surface area contributed by atoms with Gasteiger partial charge >= 0.3 is 0 Å². The van der Waals surface area contributed by atoms with Crippen LogP contribution >= 0.6 is 23.1 Å². The molecule has 186 valence electrons. The molecule has 2 amide bonds. The van der Waals surface area contributed by atoms with Crippen molar-refractivity contribution in [3.8, 4) is 0 Å². The number of amides is 2. The maximum atomic E-state index is 12.5. The largest absolute Gasteiger partial charge is 0.379 e. The van der Waals surface area contributed by atoms with Crippen LogP contribution in [0.15, 0.2) is 46.6 Å². The Morgan fingerprint density at radius 2 is 2.11 bits per heavy atom. The lowest BCUT2D eigenvalue weighted by molar-refractivity contribution is -0.117. The number of hydrogen-bond acceptors (Lipinski definition) is 8. The fourth-order valence-electron chi connectivity index (χ4n) is 4.22. The van der Waals surface area contributed by atoms with E-state index in [0.717, 1.165) is 68.2 Å². The van der Waals surface area contributed by atoms with Crippen LogP contribution in [0.25, 0.3) is 17.0 Å². The lowest BCUT2D eigenvalue weighted by Crippen LogP contribution is -2.38. The van der Waals surface area contributed by atoms with E-state index in [1.807, 2.05) is 12.1 Å². The monoisotopic (exact) mass is 522 g/mol. The SMILES string of the molecule is O=C1NC(=Nc2ccc3c(ccn3CCN3CCOCC3)c2)SC1=Cc1cnc(NC(=O)C2CC2)s1. The highest BCUT2D eigenvalue weighted by Crippen LogP contribution is 2.33. The summed E-state index contributed by atoms with van der Waals surface area (Å²) < 4.78 is 7.70. The molecular weight excluding hydrogens is 496 g/mol. The number of rotatable bonds is 7. The molecule has 3 fully saturated rings. The summed E-state index contributed by atoms with van der Waals surface area (Å²) in [5.74, 6) is -0.0417. The Bertz CT molecular complexity index is 1370. The summed E-state index contributed by atoms with van der Waals surface area (Å²) in [4.78, 5) is 37.1. The van der Waals surface area contributed by atoms with Crippen molar-refractivity contribution >= 4 is 67.9 Å². The van der Waals surface area contributed by atoms with Crippen LogP contribution in [-0.2, 0) is 20.9 Å². The first-order valence-corrected chi connectivity index (χ1v) is 13.7. The number of nitrogens with one attached hydrogen (secondary N) is 2. The number of benzene rings is 1. The van der Waals surface area contributed by atoms with Crippen LogP contribution in [0.3, 0.4) is 0 Å². The smallest absolute Gasteiger partial charge is 0.264 e. The molecule has 2 aromatic heterocycles. The highest BCUT2D eigenvalue weighted by Gasteiger charge is 2.30. The highest BCUT2D eigenvalue weighted by molar-refractivity contribution is 8.18. The summed E-state index contributed by atoms with van der Waals surface area (Å²) in [6.45, 7) is 5.53. The Labute approximate surface area is 216 Å². The fraction of sp³-hybridized carbons (Fsp3) is 0.360. The zero-order chi connectivity index (χ0) is 24.5. The normalized spacial score (nSPS) is 20.9. The highest BCUT2D eigenvalue weighted by atomic mass is 32.2. The van der Waals surface area contributed by atoms with E-state index >= 15 is 0 Å². The minimum atomic E-state index is -0.189. The number of nitrogens with zero attached hydrogens (tertiary/aromatic N) is 4. The lowest BCUT2D eigenvalue weighted by Gasteiger charge is -2.26. The molecule has 2 aliphatic heterocycles. The number of hydrogen-bond donors (Lipinski definition) is 2. The minimum Gasteiger partial charge on any atom is -0.379 e. The van der Waals surface area contributed by atoms with Gasteiger partial charge in [-0.1, -0.05) is 11.3 Å². The Balaban J connectivity index is 1.11. The maximum Gasteiger partial charge on any atom is 0.264 e. The van der Waals surface area contributed by atoms with Crippen molar-refractivity contribution in [1.82, 2.24) is 19.8 Å². The quantitative estimate of drug-likeness (QED) is 0.459. The van der Waals surface area contributed by atoms with E-state index < -0.39 is 0 Å². The van der Waals surface area contributed by atoms with Crippen molar-refractivity contribution in [1.29, 1.82) is 0 Å². The van der Waals surface area contributed by atoms with E-state index in [1.54, 1.807) is 12.3 Å². The molecular formula is C25H26N6O3S2. The van der Waals surface area contributed by atoms with Gasteiger partial charge in [-0.2, -0.15) is 0 Å². The number of anilines is 1. The molecule has 0 spiro atoms. The summed E-state index contributed by atoms with van der Waals surface area (Å²) in [5, 5.41) is 7.91. The number of morpholine rings is 1. The van der Waals surface area contributed by atoms with E-state index in [9.17, 15) is 9.59 Å². The molecule has 1 aromatic carbocycles. The number of amidine groups is 1. The first-order valence-electron chi connectivity index (χ1n) is 12.1. The van der Waals surface area contributed by atoms with Crippen LogP contribution in [0.1, 0.15) is 17.7 Å². The van der Waals surface area contributed by atoms with Crippen LogP contribution < -0.4 is 10.6 Å². The van der Waals surface area contributed by atoms with Gasteiger partial charge in [0, 0.05) is 55.4 Å². The Kier molecular flexibility index (Phi) is 6.61. The molecule has 36 heavy (non-hydrogen) atoms. The van der Waals surface area contributed by atoms with Gasteiger partial charge < -0.3 is 19.9 Å². The van der Waals surface area contributed by atoms with Gasteiger partial charge in [-0.15, -0.1) is 0 Å². The summed E-state index contributed by atoms with van der Waals surface area (Å²) in [6.07, 6.45) is 7.46. The van der Waals surface area contributed by atoms with Crippen molar-refractivity contribution in [3.05, 3.63) is 46.4 Å². The molecule has 3 aromatic rings. The first kappa shape index (κ1) is 23.4. The molecule has 0 unspecified atom stereocenters. The third-order valence-electron chi connectivity index (χ3n) is 6.37. The van der Waals surface area contributed by atoms with Gasteiger partial charge in [-0.25, -0.2) is 9.98 Å². The van der Waals surface area contributed by atoms with E-state index in [0.29, 0.717) is 15.2 Å². The van der Waals surface area contributed by atoms with E-state index in [-0.39, 0.29) is 17.7 Å². The Hall–Kier alpha value is -2.99. The third-order valence-corrected chi connectivity index (χ3v) is 8.14. The molecule has 9 nitrogen and oxygen atoms in total. The van der Waals surface area contributed by atoms with Gasteiger partial charge in [0.2, 0.25) is 5.91 Å². The predicted octanol–water partition coefficient (Wildman–Crippen LogP) is 3.67. The number of thiazole rings is 1. The van der Waals surface area contributed by atoms with E-state index in [4.69, 9.17) is 4.74 Å². The maximum absolute atomic E-state index is 12.5. The summed E-state index contributed by atoms with van der Waals surface area (Å²) in [5.41, 5.74) is 1.96. The second kappa shape index (κ2) is 10.2. The number of ether oxygens (including phenoxy) is 1. The number of aromatic nitrogens is 2. The minimum absolute atomic E-state index is 0.0235. The standard InChI is InChI=1S/C25H26N6O3S2/c32-22(16-1-2-16)28-24-26-15-19(35-24)14-21-23(33)29-25(36-21)27-18-3-4-20-17(13-18)5-6-31(20)8-7-30-9-11-34-12-10-30/h3-6,13-16H,1-2,7-12H2,(H,26,28,32)(H,27,29,33). The topological polar surface area (TPSA) is 101 Å². The second-order valence-corrected chi connectivity index (χ2v) is 11.1. The number of fused-ring (bicyclic) bond motifs is 1. The Morgan fingerprint density at radius 1 is 1.25 bits per heavy atom. The molecule has 2 saturated heterocycles. The number of carbonyl (C=O) groups is 2. The van der Waals surface area contributed by atoms with Gasteiger partial charge in [-0.05, 0) is 54.9 Å². The van der Waals surface area contributed by atoms with Gasteiger partial charge in [0.15, 0.2) is 10.3 Å². The molecule has 0 bridgehead atoms. The third kappa shape index (κ3) is 5.39. The van der Waals surface area contributed by atoms with Crippen molar-refractivity contribution in [2.45, 2.75) is 19.4 Å². The fourth-order valence-corrected chi connectivity index (χ4v) is 5.89. The average molecular weight is 523 g/mol. The molecule has 4 heterocycles. The molecule has 0 atom stereocenters. The summed E-state index contributed by atoms with van der Waals surface area (Å²) >= 11 is 2.66. The van der Waals surface area contributed by atoms with Gasteiger partial charge in [0.05, 0.1) is 28.7 Å². The zero-order valence-electron chi connectivity index (χ0n) is 19.6. The van der Waals surface area contributed by atoms with Crippen molar-refractivity contribution < 1.29 is 14.3 Å². The molecule has 1 saturated carbocycles. The number of carbonyl (C=O) groups excluding carboxylic acids is 2. The molecule has 3 aliphatic rings. The average Bonchev–Trinajstić information content (AvgIpc) is 3.40. The Morgan fingerprint density at radius 3 is 2.94 bits per heavy atom. The van der Waals surface area contributed by atoms with Crippen LogP contribution in [0, 0.1) is 5.92 Å². The van der Waals surface area contributed by atoms with Crippen molar-refractivity contribution in [2.75, 3.05) is 38.2 Å². The van der Waals surface area contributed by atoms with Crippen molar-refractivity contribution in [3.63, 3.8) is 0 Å². The summed E-state index contributed by atoms with van der Waals surface area (Å²) in [6, 6.07) is 8.21. The molecule has 1 aliphatic carbocycles. The van der Waals surface area contributed by atoms with Crippen molar-refractivity contribution in [2.24, 2.45) is 10.9 Å². The van der Waals surface area contributed by atoms with Gasteiger partial charge in [-0.3, -0.25) is 14.5 Å². The number of aliphatic imine (C=N–C) groups is 1. The lowest BCUT2D eigenvalue weighted by atomic mass is 10.2. The van der Waals surface area contributed by atoms with E-state index in [1.165, 1.54) is 28.6 Å². The molecule has 6 rings (SSSR count). The van der Waals surface area contributed by atoms with E-state index in [2.05, 4.69) is 48.4 Å². The summed E-state index contributed by atoms with van der Waals surface area (Å²) in [7, 11) is 0. The first-order chi connectivity index (χ1) is 17.6. The molecule has 2 N–H and O–H groups in total. The van der Waals surface area contributed by atoms with Gasteiger partial charge in [0.25, 0.3) is 5.91 Å².